The van der Waals surface area contributed by atoms with E-state index in [0.717, 1.165) is 22.6 Å². The predicted molar refractivity (Wildman–Crippen MR) is 266 cm³/mol. The van der Waals surface area contributed by atoms with Crippen molar-refractivity contribution in [3.8, 4) is 0 Å². The van der Waals surface area contributed by atoms with Crippen molar-refractivity contribution in [3.05, 3.63) is 144 Å². The molecule has 5 aromatic carbocycles. The smallest absolute Gasteiger partial charge is 0.252 e. The van der Waals surface area contributed by atoms with Gasteiger partial charge in [-0.3, -0.25) is 9.97 Å². The van der Waals surface area contributed by atoms with Gasteiger partial charge in [0, 0.05) is 51.0 Å². The summed E-state index contributed by atoms with van der Waals surface area (Å²) in [6.07, 6.45) is 8.14. The normalized spacial score (nSPS) is 14.4. The van der Waals surface area contributed by atoms with Crippen molar-refractivity contribution in [1.29, 1.82) is 0 Å². The van der Waals surface area contributed by atoms with Crippen LogP contribution in [0.1, 0.15) is 105 Å². The Morgan fingerprint density at radius 2 is 0.935 bits per heavy atom. The highest BCUT2D eigenvalue weighted by Crippen LogP contribution is 2.55. The Hall–Kier alpha value is -6.14. The third-order valence-corrected chi connectivity index (χ3v) is 13.9. The number of pyridine rings is 2. The van der Waals surface area contributed by atoms with Crippen LogP contribution in [-0.4, -0.2) is 21.1 Å². The minimum Gasteiger partial charge on any atom is -0.311 e. The zero-order valence-corrected chi connectivity index (χ0v) is 38.4. The Labute approximate surface area is 366 Å². The van der Waals surface area contributed by atoms with Gasteiger partial charge >= 0.3 is 0 Å². The zero-order chi connectivity index (χ0) is 43.4. The van der Waals surface area contributed by atoms with Gasteiger partial charge in [0.05, 0.1) is 46.0 Å². The Kier molecular flexibility index (Phi) is 7.95. The van der Waals surface area contributed by atoms with Crippen LogP contribution in [0.15, 0.2) is 122 Å². The van der Waals surface area contributed by atoms with Crippen molar-refractivity contribution in [3.63, 3.8) is 0 Å². The summed E-state index contributed by atoms with van der Waals surface area (Å²) in [5, 5.41) is 5.01. The molecular formula is C56H56BN5. The van der Waals surface area contributed by atoms with Crippen LogP contribution in [0.4, 0.5) is 34.1 Å². The third kappa shape index (κ3) is 5.47. The Balaban J connectivity index is 1.39. The van der Waals surface area contributed by atoms with E-state index in [9.17, 15) is 0 Å². The molecule has 0 saturated carbocycles. The number of anilines is 6. The van der Waals surface area contributed by atoms with Gasteiger partial charge in [-0.2, -0.15) is 0 Å². The van der Waals surface area contributed by atoms with E-state index in [0.29, 0.717) is 0 Å². The van der Waals surface area contributed by atoms with Gasteiger partial charge in [-0.1, -0.05) is 126 Å². The molecule has 0 fully saturated rings. The fraction of sp³-hybridized carbons (Fsp3) is 0.286. The molecular weight excluding hydrogens is 753 g/mol. The molecule has 0 bridgehead atoms. The standard InChI is InChI=1S/C56H56BN5/c1-53(2,3)33-13-19-37(20-14-33)60-44-24-18-36(56(10,11)12)30-42(44)57-41-26-28-59-32-46(41)61(38-21-15-34(16-22-38)54(4,5)6)51-47-39-25-27-58-31-45(39)62-43-23-17-35(55(7,8)9)29-40(43)48(50(47)62)52(60)49(51)57/h13-32H,1-12H3. The molecule has 0 N–H and O–H groups in total. The fourth-order valence-corrected chi connectivity index (χ4v) is 10.5. The van der Waals surface area contributed by atoms with Gasteiger partial charge in [-0.25, -0.2) is 0 Å². The van der Waals surface area contributed by atoms with E-state index in [1.165, 1.54) is 88.3 Å². The fourth-order valence-electron chi connectivity index (χ4n) is 10.5. The third-order valence-electron chi connectivity index (χ3n) is 13.9. The Morgan fingerprint density at radius 1 is 0.435 bits per heavy atom. The minimum absolute atomic E-state index is 0.0213. The van der Waals surface area contributed by atoms with Gasteiger partial charge in [-0.15, -0.1) is 0 Å². The van der Waals surface area contributed by atoms with Crippen LogP contribution >= 0.6 is 0 Å². The quantitative estimate of drug-likeness (QED) is 0.163. The predicted octanol–water partition coefficient (Wildman–Crippen LogP) is 12.9. The van der Waals surface area contributed by atoms with Crippen LogP contribution in [-0.2, 0) is 21.7 Å². The highest BCUT2D eigenvalue weighted by molar-refractivity contribution is 7.01. The summed E-state index contributed by atoms with van der Waals surface area (Å²) in [7, 11) is 0. The maximum atomic E-state index is 4.89. The molecule has 6 heterocycles. The van der Waals surface area contributed by atoms with Crippen LogP contribution < -0.4 is 26.2 Å². The average Bonchev–Trinajstić information content (AvgIpc) is 3.74. The number of aromatic nitrogens is 3. The van der Waals surface area contributed by atoms with Crippen molar-refractivity contribution in [2.24, 2.45) is 0 Å². The zero-order valence-electron chi connectivity index (χ0n) is 38.4. The van der Waals surface area contributed by atoms with Gasteiger partial charge in [0.2, 0.25) is 0 Å². The van der Waals surface area contributed by atoms with E-state index < -0.39 is 0 Å². The Morgan fingerprint density at radius 3 is 1.53 bits per heavy atom. The first-order valence-corrected chi connectivity index (χ1v) is 22.4. The molecule has 2 aliphatic rings. The van der Waals surface area contributed by atoms with Gasteiger partial charge in [0.1, 0.15) is 0 Å². The molecule has 5 nitrogen and oxygen atoms in total. The molecule has 0 aliphatic carbocycles. The van der Waals surface area contributed by atoms with Crippen molar-refractivity contribution in [1.82, 2.24) is 14.4 Å². The van der Waals surface area contributed by atoms with E-state index in [1.54, 1.807) is 0 Å². The highest BCUT2D eigenvalue weighted by atomic mass is 15.2. The largest absolute Gasteiger partial charge is 0.311 e. The molecule has 0 saturated heterocycles. The van der Waals surface area contributed by atoms with Crippen molar-refractivity contribution >= 4 is 95.3 Å². The van der Waals surface area contributed by atoms with Gasteiger partial charge in [0.25, 0.3) is 6.71 Å². The second-order valence-corrected chi connectivity index (χ2v) is 22.1. The summed E-state index contributed by atoms with van der Waals surface area (Å²) in [4.78, 5) is 14.8. The van der Waals surface area contributed by atoms with Crippen molar-refractivity contribution in [2.45, 2.75) is 105 Å². The molecule has 62 heavy (non-hydrogen) atoms. The van der Waals surface area contributed by atoms with Crippen LogP contribution in [0.2, 0.25) is 0 Å². The molecule has 11 rings (SSSR count). The number of benzene rings is 5. The topological polar surface area (TPSA) is 36.7 Å². The van der Waals surface area contributed by atoms with Crippen LogP contribution in [0.5, 0.6) is 0 Å². The number of fused-ring (bicyclic) bond motifs is 12. The average molecular weight is 810 g/mol. The maximum Gasteiger partial charge on any atom is 0.252 e. The van der Waals surface area contributed by atoms with Crippen LogP contribution in [0, 0.1) is 0 Å². The second kappa shape index (κ2) is 12.7. The summed E-state index contributed by atoms with van der Waals surface area (Å²) >= 11 is 0. The second-order valence-electron chi connectivity index (χ2n) is 22.1. The summed E-state index contributed by atoms with van der Waals surface area (Å²) in [5.74, 6) is 0. The van der Waals surface area contributed by atoms with E-state index in [2.05, 4.69) is 207 Å². The van der Waals surface area contributed by atoms with Crippen LogP contribution in [0.25, 0.3) is 38.1 Å². The SMILES string of the molecule is CC(C)(C)c1ccc(N2c3ccc(C(C)(C)C)cc3B3c4ccncc4N(c4ccc(C(C)(C)C)cc4)c4c3c2c2c3cc(C(C)(C)C)ccc3n3c5cnccc5c4c23)cc1. The lowest BCUT2D eigenvalue weighted by atomic mass is 9.33. The lowest BCUT2D eigenvalue weighted by molar-refractivity contribution is 0.590. The number of hydrogen-bond donors (Lipinski definition) is 0. The van der Waals surface area contributed by atoms with Crippen LogP contribution in [0.3, 0.4) is 0 Å². The first-order valence-electron chi connectivity index (χ1n) is 22.4. The first-order chi connectivity index (χ1) is 29.3. The van der Waals surface area contributed by atoms with E-state index in [4.69, 9.17) is 9.97 Å². The van der Waals surface area contributed by atoms with E-state index >= 15 is 0 Å². The summed E-state index contributed by atoms with van der Waals surface area (Å²) in [6, 6.07) is 37.7. The maximum absolute atomic E-state index is 4.89. The monoisotopic (exact) mass is 809 g/mol. The molecule has 4 aromatic heterocycles. The lowest BCUT2D eigenvalue weighted by Gasteiger charge is -2.45. The first kappa shape index (κ1) is 38.8. The molecule has 2 aliphatic heterocycles. The number of nitrogens with zero attached hydrogens (tertiary/aromatic N) is 5. The molecule has 0 amide bonds. The molecule has 6 heteroatoms. The van der Waals surface area contributed by atoms with E-state index in [1.807, 2.05) is 12.4 Å². The number of rotatable bonds is 2. The minimum atomic E-state index is -0.0544. The molecule has 0 atom stereocenters. The van der Waals surface area contributed by atoms with Gasteiger partial charge < -0.3 is 14.2 Å². The van der Waals surface area contributed by atoms with Gasteiger partial charge in [0.15, 0.2) is 0 Å². The van der Waals surface area contributed by atoms with Gasteiger partial charge in [-0.05, 0) is 115 Å². The molecule has 0 spiro atoms. The van der Waals surface area contributed by atoms with Crippen molar-refractivity contribution < 1.29 is 0 Å². The number of hydrogen-bond acceptors (Lipinski definition) is 4. The lowest BCUT2D eigenvalue weighted by Crippen LogP contribution is -2.61. The highest BCUT2D eigenvalue weighted by Gasteiger charge is 2.47. The summed E-state index contributed by atoms with van der Waals surface area (Å²) < 4.78 is 2.51. The summed E-state index contributed by atoms with van der Waals surface area (Å²) in [5.41, 5.74) is 19.8. The molecule has 308 valence electrons. The summed E-state index contributed by atoms with van der Waals surface area (Å²) in [6.45, 7) is 27.7. The van der Waals surface area contributed by atoms with Crippen molar-refractivity contribution in [2.75, 3.05) is 9.80 Å². The molecule has 9 aromatic rings. The molecule has 0 unspecified atom stereocenters. The molecule has 0 radical (unpaired) electrons. The Bertz CT molecular complexity index is 3270. The van der Waals surface area contributed by atoms with E-state index in [-0.39, 0.29) is 28.4 Å².